The summed E-state index contributed by atoms with van der Waals surface area (Å²) >= 11 is 0. The van der Waals surface area contributed by atoms with Crippen molar-refractivity contribution in [3.05, 3.63) is 35.4 Å². The minimum Gasteiger partial charge on any atom is -0.385 e. The summed E-state index contributed by atoms with van der Waals surface area (Å²) in [7, 11) is 0. The molecule has 18 heavy (non-hydrogen) atoms. The molecular formula is C17H26O. The molecule has 1 saturated carbocycles. The van der Waals surface area contributed by atoms with Gasteiger partial charge in [0.1, 0.15) is 0 Å². The molecule has 1 N–H and O–H groups in total. The van der Waals surface area contributed by atoms with Crippen molar-refractivity contribution in [3.63, 3.8) is 0 Å². The van der Waals surface area contributed by atoms with Gasteiger partial charge in [-0.25, -0.2) is 0 Å². The van der Waals surface area contributed by atoms with Crippen LogP contribution >= 0.6 is 0 Å². The Hall–Kier alpha value is -0.820. The van der Waals surface area contributed by atoms with Crippen LogP contribution in [-0.2, 0) is 12.0 Å². The van der Waals surface area contributed by atoms with E-state index in [9.17, 15) is 5.11 Å². The molecule has 0 unspecified atom stereocenters. The third-order valence-electron chi connectivity index (χ3n) is 4.53. The van der Waals surface area contributed by atoms with Crippen molar-refractivity contribution >= 4 is 0 Å². The quantitative estimate of drug-likeness (QED) is 0.833. The van der Waals surface area contributed by atoms with Crippen LogP contribution in [0, 0.1) is 5.92 Å². The summed E-state index contributed by atoms with van der Waals surface area (Å²) in [4.78, 5) is 0. The fraction of sp³-hybridized carbons (Fsp3) is 0.647. The van der Waals surface area contributed by atoms with Gasteiger partial charge in [-0.3, -0.25) is 0 Å². The first-order valence-corrected chi connectivity index (χ1v) is 7.49. The second kappa shape index (κ2) is 5.88. The van der Waals surface area contributed by atoms with E-state index in [0.29, 0.717) is 0 Å². The van der Waals surface area contributed by atoms with Crippen LogP contribution in [0.3, 0.4) is 0 Å². The lowest BCUT2D eigenvalue weighted by molar-refractivity contribution is -0.0152. The maximum Gasteiger partial charge on any atom is 0.0896 e. The highest BCUT2D eigenvalue weighted by Crippen LogP contribution is 2.40. The highest BCUT2D eigenvalue weighted by Gasteiger charge is 2.34. The molecule has 0 heterocycles. The van der Waals surface area contributed by atoms with Crippen molar-refractivity contribution in [1.29, 1.82) is 0 Å². The van der Waals surface area contributed by atoms with Crippen LogP contribution in [0.2, 0.25) is 0 Å². The lowest BCUT2D eigenvalue weighted by Crippen LogP contribution is -2.31. The van der Waals surface area contributed by atoms with E-state index >= 15 is 0 Å². The van der Waals surface area contributed by atoms with Gasteiger partial charge in [0.15, 0.2) is 0 Å². The van der Waals surface area contributed by atoms with E-state index in [0.717, 1.165) is 30.7 Å². The van der Waals surface area contributed by atoms with Crippen LogP contribution in [-0.4, -0.2) is 5.11 Å². The van der Waals surface area contributed by atoms with E-state index in [-0.39, 0.29) is 0 Å². The van der Waals surface area contributed by atoms with Crippen molar-refractivity contribution in [3.8, 4) is 0 Å². The smallest absolute Gasteiger partial charge is 0.0896 e. The first kappa shape index (κ1) is 13.6. The summed E-state index contributed by atoms with van der Waals surface area (Å²) in [5.41, 5.74) is 1.91. The zero-order valence-electron chi connectivity index (χ0n) is 11.8. The fourth-order valence-electron chi connectivity index (χ4n) is 3.19. The lowest BCUT2D eigenvalue weighted by atomic mass is 9.74. The Morgan fingerprint density at radius 2 is 1.72 bits per heavy atom. The van der Waals surface area contributed by atoms with Gasteiger partial charge < -0.3 is 5.11 Å². The van der Waals surface area contributed by atoms with Crippen LogP contribution in [0.25, 0.3) is 0 Å². The van der Waals surface area contributed by atoms with Gasteiger partial charge in [0.05, 0.1) is 5.60 Å². The Bertz CT molecular complexity index is 358. The predicted molar refractivity (Wildman–Crippen MR) is 76.6 cm³/mol. The Kier molecular flexibility index (Phi) is 4.45. The molecule has 1 aliphatic rings. The van der Waals surface area contributed by atoms with Gasteiger partial charge in [0, 0.05) is 0 Å². The SMILES string of the molecule is CCC[C@H]1CC[C@@](O)(c2ccc(CC)cc2)CC1. The number of hydrogen-bond donors (Lipinski definition) is 1. The number of aliphatic hydroxyl groups is 1. The molecule has 0 aromatic heterocycles. The zero-order chi connectivity index (χ0) is 13.0. The van der Waals surface area contributed by atoms with Crippen LogP contribution < -0.4 is 0 Å². The number of benzene rings is 1. The highest BCUT2D eigenvalue weighted by molar-refractivity contribution is 5.27. The molecule has 0 radical (unpaired) electrons. The number of rotatable bonds is 4. The van der Waals surface area contributed by atoms with Crippen LogP contribution in [0.15, 0.2) is 24.3 Å². The van der Waals surface area contributed by atoms with Crippen LogP contribution in [0.4, 0.5) is 0 Å². The molecule has 0 saturated heterocycles. The van der Waals surface area contributed by atoms with E-state index in [2.05, 4.69) is 38.1 Å². The summed E-state index contributed by atoms with van der Waals surface area (Å²) in [6.45, 7) is 4.42. The van der Waals surface area contributed by atoms with Crippen molar-refractivity contribution in [2.45, 2.75) is 64.4 Å². The van der Waals surface area contributed by atoms with Crippen molar-refractivity contribution in [2.24, 2.45) is 5.92 Å². The van der Waals surface area contributed by atoms with E-state index in [1.54, 1.807) is 0 Å². The molecule has 0 amide bonds. The largest absolute Gasteiger partial charge is 0.385 e. The van der Waals surface area contributed by atoms with E-state index < -0.39 is 5.60 Å². The Morgan fingerprint density at radius 3 is 2.22 bits per heavy atom. The van der Waals surface area contributed by atoms with Crippen LogP contribution in [0.1, 0.15) is 63.5 Å². The third-order valence-corrected chi connectivity index (χ3v) is 4.53. The third kappa shape index (κ3) is 2.95. The summed E-state index contributed by atoms with van der Waals surface area (Å²) < 4.78 is 0. The minimum absolute atomic E-state index is 0.559. The van der Waals surface area contributed by atoms with Crippen molar-refractivity contribution in [2.75, 3.05) is 0 Å². The topological polar surface area (TPSA) is 20.2 Å². The second-order valence-electron chi connectivity index (χ2n) is 5.81. The Labute approximate surface area is 111 Å². The molecule has 100 valence electrons. The molecule has 1 aromatic rings. The molecule has 0 aliphatic heterocycles. The highest BCUT2D eigenvalue weighted by atomic mass is 16.3. The minimum atomic E-state index is -0.559. The van der Waals surface area contributed by atoms with Gasteiger partial charge in [-0.1, -0.05) is 51.0 Å². The van der Waals surface area contributed by atoms with Gasteiger partial charge in [0.2, 0.25) is 0 Å². The molecule has 0 atom stereocenters. The van der Waals surface area contributed by atoms with E-state index in [1.807, 2.05) is 0 Å². The zero-order valence-corrected chi connectivity index (χ0v) is 11.8. The first-order valence-electron chi connectivity index (χ1n) is 7.49. The van der Waals surface area contributed by atoms with Gasteiger partial charge in [-0.15, -0.1) is 0 Å². The van der Waals surface area contributed by atoms with Gasteiger partial charge in [-0.05, 0) is 49.1 Å². The van der Waals surface area contributed by atoms with Gasteiger partial charge in [-0.2, -0.15) is 0 Å². The van der Waals surface area contributed by atoms with E-state index in [4.69, 9.17) is 0 Å². The summed E-state index contributed by atoms with van der Waals surface area (Å²) in [6, 6.07) is 8.56. The molecule has 1 aromatic carbocycles. The summed E-state index contributed by atoms with van der Waals surface area (Å²) in [5, 5.41) is 10.8. The number of aryl methyl sites for hydroxylation is 1. The van der Waals surface area contributed by atoms with Crippen molar-refractivity contribution in [1.82, 2.24) is 0 Å². The maximum atomic E-state index is 10.8. The molecule has 2 rings (SSSR count). The molecule has 1 aliphatic carbocycles. The van der Waals surface area contributed by atoms with Crippen LogP contribution in [0.5, 0.6) is 0 Å². The molecular weight excluding hydrogens is 220 g/mol. The summed E-state index contributed by atoms with van der Waals surface area (Å²) in [6.07, 6.45) is 7.89. The molecule has 0 bridgehead atoms. The molecule has 1 nitrogen and oxygen atoms in total. The molecule has 1 heteroatoms. The normalized spacial score (nSPS) is 28.3. The monoisotopic (exact) mass is 246 g/mol. The van der Waals surface area contributed by atoms with Crippen molar-refractivity contribution < 1.29 is 5.11 Å². The lowest BCUT2D eigenvalue weighted by Gasteiger charge is -2.36. The standard InChI is InChI=1S/C17H26O/c1-3-5-15-10-12-17(18,13-11-15)16-8-6-14(4-2)7-9-16/h6-9,15,18H,3-5,10-13H2,1-2H3/t15-,17-. The average Bonchev–Trinajstić information content (AvgIpc) is 2.42. The second-order valence-corrected chi connectivity index (χ2v) is 5.81. The van der Waals surface area contributed by atoms with Gasteiger partial charge in [0.25, 0.3) is 0 Å². The van der Waals surface area contributed by atoms with E-state index in [1.165, 1.54) is 31.2 Å². The average molecular weight is 246 g/mol. The van der Waals surface area contributed by atoms with Gasteiger partial charge >= 0.3 is 0 Å². The fourth-order valence-corrected chi connectivity index (χ4v) is 3.19. The molecule has 1 fully saturated rings. The molecule has 0 spiro atoms. The summed E-state index contributed by atoms with van der Waals surface area (Å²) in [5.74, 6) is 0.838. The number of hydrogen-bond acceptors (Lipinski definition) is 1. The Morgan fingerprint density at radius 1 is 1.11 bits per heavy atom. The first-order chi connectivity index (χ1) is 8.68. The predicted octanol–water partition coefficient (Wildman–Crippen LogP) is 4.43. The maximum absolute atomic E-state index is 10.8. The Balaban J connectivity index is 2.03.